The number of rotatable bonds is 3. The topological polar surface area (TPSA) is 97.7 Å². The van der Waals surface area contributed by atoms with E-state index in [-0.39, 0.29) is 12.3 Å². The summed E-state index contributed by atoms with van der Waals surface area (Å²) in [6.45, 7) is 3.46. The number of H-pyrrole nitrogens is 1. The summed E-state index contributed by atoms with van der Waals surface area (Å²) < 4.78 is 0. The Balaban J connectivity index is 1.43. The highest BCUT2D eigenvalue weighted by atomic mass is 16.2. The lowest BCUT2D eigenvalue weighted by molar-refractivity contribution is -0.129. The number of anilines is 1. The average Bonchev–Trinajstić information content (AvgIpc) is 3.20. The minimum Gasteiger partial charge on any atom is -0.367 e. The molecule has 2 fully saturated rings. The van der Waals surface area contributed by atoms with Crippen molar-refractivity contribution in [3.05, 3.63) is 18.1 Å². The van der Waals surface area contributed by atoms with E-state index >= 15 is 0 Å². The maximum atomic E-state index is 11.9. The Kier molecular flexibility index (Phi) is 3.60. The monoisotopic (exact) mass is 324 g/mol. The number of amides is 1. The molecule has 3 heterocycles. The molecular weight excluding hydrogens is 304 g/mol. The van der Waals surface area contributed by atoms with Crippen LogP contribution < -0.4 is 5.32 Å². The van der Waals surface area contributed by atoms with Crippen LogP contribution in [0.15, 0.2) is 12.3 Å². The van der Waals surface area contributed by atoms with Crippen LogP contribution in [0.4, 0.5) is 5.82 Å². The van der Waals surface area contributed by atoms with Crippen molar-refractivity contribution in [3.63, 3.8) is 0 Å². The molecule has 0 spiro atoms. The van der Waals surface area contributed by atoms with Crippen LogP contribution in [0.5, 0.6) is 0 Å². The summed E-state index contributed by atoms with van der Waals surface area (Å²) in [6.07, 6.45) is 3.95. The second-order valence-electron chi connectivity index (χ2n) is 6.83. The molecular formula is C17H20N6O. The van der Waals surface area contributed by atoms with Gasteiger partial charge in [0.25, 0.3) is 0 Å². The number of carbonyl (C=O) groups is 1. The summed E-state index contributed by atoms with van der Waals surface area (Å²) in [6, 6.07) is 4.32. The van der Waals surface area contributed by atoms with Gasteiger partial charge in [0.2, 0.25) is 5.91 Å². The zero-order chi connectivity index (χ0) is 16.7. The fraction of sp³-hybridized carbons (Fsp3) is 0.529. The SMILES string of the molecule is Cc1nc(N[C@@H]2C[C@@H]3CN(C(=O)CC#N)C[C@@H]3C2)c2cc[nH]c2n1. The molecule has 2 aliphatic rings. The number of nitrogens with zero attached hydrogens (tertiary/aromatic N) is 4. The van der Waals surface area contributed by atoms with Crippen molar-refractivity contribution in [3.8, 4) is 6.07 Å². The number of hydrogen-bond acceptors (Lipinski definition) is 5. The summed E-state index contributed by atoms with van der Waals surface area (Å²) in [5.41, 5.74) is 0.858. The molecule has 3 atom stereocenters. The second kappa shape index (κ2) is 5.78. The maximum Gasteiger partial charge on any atom is 0.236 e. The van der Waals surface area contributed by atoms with E-state index in [1.54, 1.807) is 0 Å². The average molecular weight is 324 g/mol. The third kappa shape index (κ3) is 2.58. The van der Waals surface area contributed by atoms with E-state index in [2.05, 4.69) is 20.3 Å². The number of hydrogen-bond donors (Lipinski definition) is 2. The van der Waals surface area contributed by atoms with Crippen LogP contribution in [0.2, 0.25) is 0 Å². The summed E-state index contributed by atoms with van der Waals surface area (Å²) in [5, 5.41) is 13.3. The van der Waals surface area contributed by atoms with Gasteiger partial charge in [-0.25, -0.2) is 9.97 Å². The van der Waals surface area contributed by atoms with Gasteiger partial charge in [-0.3, -0.25) is 4.79 Å². The van der Waals surface area contributed by atoms with Crippen LogP contribution in [0.3, 0.4) is 0 Å². The molecule has 0 aromatic carbocycles. The standard InChI is InChI=1S/C17H20N6O/c1-10-20-16-14(3-5-19-16)17(21-10)22-13-6-11-8-23(9-12(11)7-13)15(24)2-4-18/h3,5,11-13H,2,6-9H2,1H3,(H2,19,20,21,22)/t11-,12+,13-. The number of likely N-dealkylation sites (tertiary alicyclic amines) is 1. The third-order valence-corrected chi connectivity index (χ3v) is 5.20. The first-order valence-corrected chi connectivity index (χ1v) is 8.37. The number of carbonyl (C=O) groups excluding carboxylic acids is 1. The van der Waals surface area contributed by atoms with Gasteiger partial charge in [0, 0.05) is 25.3 Å². The molecule has 0 bridgehead atoms. The normalized spacial score (nSPS) is 25.7. The molecule has 7 nitrogen and oxygen atoms in total. The summed E-state index contributed by atoms with van der Waals surface area (Å²) >= 11 is 0. The van der Waals surface area contributed by atoms with Gasteiger partial charge in [-0.1, -0.05) is 0 Å². The lowest BCUT2D eigenvalue weighted by atomic mass is 10.0. The molecule has 124 valence electrons. The van der Waals surface area contributed by atoms with Crippen molar-refractivity contribution in [1.82, 2.24) is 19.9 Å². The summed E-state index contributed by atoms with van der Waals surface area (Å²) in [5.74, 6) is 2.65. The van der Waals surface area contributed by atoms with Crippen molar-refractivity contribution in [2.45, 2.75) is 32.2 Å². The van der Waals surface area contributed by atoms with Gasteiger partial charge in [0.1, 0.15) is 23.7 Å². The number of nitrogens with one attached hydrogen (secondary N) is 2. The van der Waals surface area contributed by atoms with Gasteiger partial charge in [0.15, 0.2) is 0 Å². The highest BCUT2D eigenvalue weighted by Crippen LogP contribution is 2.39. The van der Waals surface area contributed by atoms with Gasteiger partial charge in [-0.05, 0) is 37.7 Å². The van der Waals surface area contributed by atoms with E-state index in [0.717, 1.165) is 48.6 Å². The predicted octanol–water partition coefficient (Wildman–Crippen LogP) is 1.83. The van der Waals surface area contributed by atoms with Crippen LogP contribution in [-0.2, 0) is 4.79 Å². The number of nitriles is 1. The number of aryl methyl sites for hydroxylation is 1. The van der Waals surface area contributed by atoms with Gasteiger partial charge in [0.05, 0.1) is 11.5 Å². The molecule has 1 saturated carbocycles. The summed E-state index contributed by atoms with van der Waals surface area (Å²) in [4.78, 5) is 25.8. The first-order valence-electron chi connectivity index (χ1n) is 8.37. The smallest absolute Gasteiger partial charge is 0.236 e. The molecule has 0 unspecified atom stereocenters. The molecule has 2 aromatic heterocycles. The maximum absolute atomic E-state index is 11.9. The lowest BCUT2D eigenvalue weighted by Gasteiger charge is -2.19. The molecule has 7 heteroatoms. The van der Waals surface area contributed by atoms with Crippen molar-refractivity contribution in [2.75, 3.05) is 18.4 Å². The lowest BCUT2D eigenvalue weighted by Crippen LogP contribution is -2.30. The van der Waals surface area contributed by atoms with Crippen LogP contribution in [-0.4, -0.2) is 44.9 Å². The third-order valence-electron chi connectivity index (χ3n) is 5.20. The predicted molar refractivity (Wildman–Crippen MR) is 89.1 cm³/mol. The largest absolute Gasteiger partial charge is 0.367 e. The Bertz CT molecular complexity index is 808. The Morgan fingerprint density at radius 1 is 1.42 bits per heavy atom. The molecule has 1 aliphatic heterocycles. The minimum atomic E-state index is -0.0307. The number of aromatic amines is 1. The Labute approximate surface area is 140 Å². The van der Waals surface area contributed by atoms with Crippen molar-refractivity contribution < 1.29 is 4.79 Å². The highest BCUT2D eigenvalue weighted by molar-refractivity contribution is 5.87. The minimum absolute atomic E-state index is 0.00714. The molecule has 4 rings (SSSR count). The van der Waals surface area contributed by atoms with Gasteiger partial charge in [-0.2, -0.15) is 5.26 Å². The van der Waals surface area contributed by atoms with E-state index in [4.69, 9.17) is 5.26 Å². The molecule has 2 aromatic rings. The van der Waals surface area contributed by atoms with E-state index < -0.39 is 0 Å². The molecule has 2 N–H and O–H groups in total. The first-order chi connectivity index (χ1) is 11.6. The van der Waals surface area contributed by atoms with E-state index in [0.29, 0.717) is 17.9 Å². The van der Waals surface area contributed by atoms with Crippen molar-refractivity contribution >= 4 is 22.8 Å². The molecule has 1 aliphatic carbocycles. The van der Waals surface area contributed by atoms with E-state index in [9.17, 15) is 4.79 Å². The van der Waals surface area contributed by atoms with E-state index in [1.165, 1.54) is 0 Å². The first kappa shape index (κ1) is 14.9. The quantitative estimate of drug-likeness (QED) is 0.897. The fourth-order valence-electron chi connectivity index (χ4n) is 4.16. The van der Waals surface area contributed by atoms with Crippen LogP contribution in [0, 0.1) is 30.1 Å². The van der Waals surface area contributed by atoms with E-state index in [1.807, 2.05) is 30.2 Å². The van der Waals surface area contributed by atoms with Crippen LogP contribution in [0.25, 0.3) is 11.0 Å². The molecule has 1 saturated heterocycles. The van der Waals surface area contributed by atoms with Gasteiger partial charge >= 0.3 is 0 Å². The summed E-state index contributed by atoms with van der Waals surface area (Å²) in [7, 11) is 0. The second-order valence-corrected chi connectivity index (χ2v) is 6.83. The Morgan fingerprint density at radius 2 is 2.17 bits per heavy atom. The van der Waals surface area contributed by atoms with Crippen molar-refractivity contribution in [2.24, 2.45) is 11.8 Å². The zero-order valence-corrected chi connectivity index (χ0v) is 13.6. The van der Waals surface area contributed by atoms with Gasteiger partial charge < -0.3 is 15.2 Å². The molecule has 24 heavy (non-hydrogen) atoms. The number of fused-ring (bicyclic) bond motifs is 2. The highest BCUT2D eigenvalue weighted by Gasteiger charge is 2.42. The van der Waals surface area contributed by atoms with Crippen molar-refractivity contribution in [1.29, 1.82) is 5.26 Å². The number of aromatic nitrogens is 3. The zero-order valence-electron chi connectivity index (χ0n) is 13.6. The van der Waals surface area contributed by atoms with Gasteiger partial charge in [-0.15, -0.1) is 0 Å². The Morgan fingerprint density at radius 3 is 2.88 bits per heavy atom. The molecule has 1 amide bonds. The van der Waals surface area contributed by atoms with Crippen LogP contribution in [0.1, 0.15) is 25.1 Å². The molecule has 0 radical (unpaired) electrons. The van der Waals surface area contributed by atoms with Crippen LogP contribution >= 0.6 is 0 Å². The fourth-order valence-corrected chi connectivity index (χ4v) is 4.16. The Hall–Kier alpha value is -2.62.